The first kappa shape index (κ1) is 15.3. The third-order valence-corrected chi connectivity index (χ3v) is 3.24. The molecular formula is C15H20N2O4. The minimum Gasteiger partial charge on any atom is -0.464 e. The lowest BCUT2D eigenvalue weighted by molar-refractivity contribution is -0.149. The monoisotopic (exact) mass is 292 g/mol. The summed E-state index contributed by atoms with van der Waals surface area (Å²) >= 11 is 0. The maximum Gasteiger partial charge on any atom is 0.410 e. The molecule has 6 heteroatoms. The van der Waals surface area contributed by atoms with Crippen molar-refractivity contribution in [2.75, 3.05) is 26.2 Å². The number of esters is 1. The Morgan fingerprint density at radius 1 is 1.29 bits per heavy atom. The predicted molar refractivity (Wildman–Crippen MR) is 76.6 cm³/mol. The van der Waals surface area contributed by atoms with Crippen LogP contribution in [0.4, 0.5) is 4.79 Å². The van der Waals surface area contributed by atoms with E-state index in [4.69, 9.17) is 9.47 Å². The van der Waals surface area contributed by atoms with E-state index in [1.54, 1.807) is 6.92 Å². The van der Waals surface area contributed by atoms with E-state index in [0.717, 1.165) is 5.56 Å². The minimum absolute atomic E-state index is 0.194. The Morgan fingerprint density at radius 2 is 2.05 bits per heavy atom. The molecule has 1 aromatic rings. The van der Waals surface area contributed by atoms with Crippen LogP contribution in [0.2, 0.25) is 0 Å². The van der Waals surface area contributed by atoms with Gasteiger partial charge in [-0.1, -0.05) is 30.3 Å². The maximum absolute atomic E-state index is 12.2. The van der Waals surface area contributed by atoms with E-state index in [1.807, 2.05) is 30.3 Å². The second kappa shape index (κ2) is 7.64. The second-order valence-corrected chi connectivity index (χ2v) is 4.71. The van der Waals surface area contributed by atoms with Gasteiger partial charge in [0.15, 0.2) is 0 Å². The summed E-state index contributed by atoms with van der Waals surface area (Å²) in [5, 5.41) is 3.08. The molecule has 6 nitrogen and oxygen atoms in total. The summed E-state index contributed by atoms with van der Waals surface area (Å²) in [5.74, 6) is -0.402. The van der Waals surface area contributed by atoms with Crippen LogP contribution >= 0.6 is 0 Å². The highest BCUT2D eigenvalue weighted by Crippen LogP contribution is 2.10. The first-order valence-electron chi connectivity index (χ1n) is 7.07. The molecule has 0 aliphatic carbocycles. The van der Waals surface area contributed by atoms with Crippen LogP contribution in [0, 0.1) is 0 Å². The van der Waals surface area contributed by atoms with E-state index in [1.165, 1.54) is 4.90 Å². The number of nitrogens with one attached hydrogen (secondary N) is 1. The van der Waals surface area contributed by atoms with Gasteiger partial charge in [-0.05, 0) is 12.5 Å². The summed E-state index contributed by atoms with van der Waals surface area (Å²) in [5.41, 5.74) is 0.911. The predicted octanol–water partition coefficient (Wildman–Crippen LogP) is 1.16. The van der Waals surface area contributed by atoms with Crippen molar-refractivity contribution in [3.8, 4) is 0 Å². The first-order valence-corrected chi connectivity index (χ1v) is 7.07. The molecule has 1 N–H and O–H groups in total. The van der Waals surface area contributed by atoms with Crippen LogP contribution in [0.3, 0.4) is 0 Å². The largest absolute Gasteiger partial charge is 0.464 e. The summed E-state index contributed by atoms with van der Waals surface area (Å²) in [4.78, 5) is 25.5. The highest BCUT2D eigenvalue weighted by molar-refractivity contribution is 5.82. The zero-order valence-corrected chi connectivity index (χ0v) is 12.1. The van der Waals surface area contributed by atoms with Gasteiger partial charge in [0.2, 0.25) is 0 Å². The summed E-state index contributed by atoms with van der Waals surface area (Å²) in [6.07, 6.45) is -0.488. The molecule has 114 valence electrons. The Labute approximate surface area is 124 Å². The highest BCUT2D eigenvalue weighted by atomic mass is 16.6. The average Bonchev–Trinajstić information content (AvgIpc) is 2.54. The molecule has 21 heavy (non-hydrogen) atoms. The van der Waals surface area contributed by atoms with Gasteiger partial charge in [0, 0.05) is 19.6 Å². The fourth-order valence-corrected chi connectivity index (χ4v) is 2.17. The van der Waals surface area contributed by atoms with E-state index in [-0.39, 0.29) is 6.61 Å². The Kier molecular flexibility index (Phi) is 5.57. The normalized spacial score (nSPS) is 18.1. The van der Waals surface area contributed by atoms with Gasteiger partial charge in [0.25, 0.3) is 0 Å². The Bertz CT molecular complexity index is 478. The molecule has 1 saturated heterocycles. The van der Waals surface area contributed by atoms with Crippen LogP contribution in [-0.2, 0) is 20.9 Å². The number of nitrogens with zero attached hydrogens (tertiary/aromatic N) is 1. The highest BCUT2D eigenvalue weighted by Gasteiger charge is 2.34. The second-order valence-electron chi connectivity index (χ2n) is 4.71. The number of carbonyl (C=O) groups excluding carboxylic acids is 2. The molecule has 0 aromatic heterocycles. The number of carbonyl (C=O) groups is 2. The van der Waals surface area contributed by atoms with Crippen molar-refractivity contribution >= 4 is 12.1 Å². The Balaban J connectivity index is 1.93. The van der Waals surface area contributed by atoms with Gasteiger partial charge in [-0.3, -0.25) is 4.90 Å². The zero-order chi connectivity index (χ0) is 15.1. The van der Waals surface area contributed by atoms with Crippen LogP contribution in [0.15, 0.2) is 30.3 Å². The van der Waals surface area contributed by atoms with Crippen molar-refractivity contribution in [2.45, 2.75) is 19.6 Å². The molecule has 1 aliphatic heterocycles. The van der Waals surface area contributed by atoms with E-state index in [2.05, 4.69) is 5.32 Å². The van der Waals surface area contributed by atoms with Gasteiger partial charge < -0.3 is 14.8 Å². The van der Waals surface area contributed by atoms with Crippen LogP contribution in [-0.4, -0.2) is 49.2 Å². The molecule has 0 bridgehead atoms. The molecule has 0 saturated carbocycles. The minimum atomic E-state index is -0.623. The van der Waals surface area contributed by atoms with E-state index >= 15 is 0 Å². The van der Waals surface area contributed by atoms with Gasteiger partial charge in [0.1, 0.15) is 12.6 Å². The number of ether oxygens (including phenoxy) is 2. The fraction of sp³-hybridized carbons (Fsp3) is 0.467. The third kappa shape index (κ3) is 4.19. The van der Waals surface area contributed by atoms with Gasteiger partial charge in [-0.15, -0.1) is 0 Å². The Morgan fingerprint density at radius 3 is 2.76 bits per heavy atom. The molecule has 1 aliphatic rings. The molecule has 1 amide bonds. The van der Waals surface area contributed by atoms with E-state index in [0.29, 0.717) is 26.2 Å². The van der Waals surface area contributed by atoms with E-state index < -0.39 is 18.1 Å². The summed E-state index contributed by atoms with van der Waals surface area (Å²) in [6.45, 7) is 3.68. The molecule has 1 fully saturated rings. The van der Waals surface area contributed by atoms with Gasteiger partial charge >= 0.3 is 12.1 Å². The van der Waals surface area contributed by atoms with Crippen LogP contribution in [0.1, 0.15) is 12.5 Å². The number of hydrogen-bond acceptors (Lipinski definition) is 5. The smallest absolute Gasteiger partial charge is 0.410 e. The number of piperazine rings is 1. The molecule has 1 heterocycles. The van der Waals surface area contributed by atoms with Crippen molar-refractivity contribution in [3.05, 3.63) is 35.9 Å². The molecule has 1 unspecified atom stereocenters. The average molecular weight is 292 g/mol. The van der Waals surface area contributed by atoms with Crippen molar-refractivity contribution < 1.29 is 19.1 Å². The Hall–Kier alpha value is -2.08. The number of hydrogen-bond donors (Lipinski definition) is 1. The van der Waals surface area contributed by atoms with Crippen LogP contribution in [0.5, 0.6) is 0 Å². The fourth-order valence-electron chi connectivity index (χ4n) is 2.17. The van der Waals surface area contributed by atoms with Crippen molar-refractivity contribution in [1.82, 2.24) is 10.2 Å². The molecule has 1 atom stereocenters. The maximum atomic E-state index is 12.2. The number of rotatable bonds is 4. The SMILES string of the molecule is CCOC(=O)C1CNCCN1C(=O)OCc1ccccc1. The standard InChI is InChI=1S/C15H20N2O4/c1-2-20-14(18)13-10-16-8-9-17(13)15(19)21-11-12-6-4-3-5-7-12/h3-7,13,16H,2,8-11H2,1H3. The van der Waals surface area contributed by atoms with Crippen LogP contribution in [0.25, 0.3) is 0 Å². The topological polar surface area (TPSA) is 67.9 Å². The van der Waals surface area contributed by atoms with E-state index in [9.17, 15) is 9.59 Å². The summed E-state index contributed by atoms with van der Waals surface area (Å²) < 4.78 is 10.3. The zero-order valence-electron chi connectivity index (χ0n) is 12.1. The number of amides is 1. The quantitative estimate of drug-likeness (QED) is 0.844. The molecule has 0 spiro atoms. The molecule has 0 radical (unpaired) electrons. The lowest BCUT2D eigenvalue weighted by Gasteiger charge is -2.33. The van der Waals surface area contributed by atoms with Gasteiger partial charge in [-0.2, -0.15) is 0 Å². The summed E-state index contributed by atoms with van der Waals surface area (Å²) in [6, 6.07) is 8.81. The summed E-state index contributed by atoms with van der Waals surface area (Å²) in [7, 11) is 0. The van der Waals surface area contributed by atoms with Gasteiger partial charge in [0.05, 0.1) is 6.61 Å². The van der Waals surface area contributed by atoms with Crippen molar-refractivity contribution in [1.29, 1.82) is 0 Å². The van der Waals surface area contributed by atoms with Crippen LogP contribution < -0.4 is 5.32 Å². The lowest BCUT2D eigenvalue weighted by Crippen LogP contribution is -2.57. The number of benzene rings is 1. The molecule has 2 rings (SSSR count). The van der Waals surface area contributed by atoms with Crippen molar-refractivity contribution in [2.24, 2.45) is 0 Å². The lowest BCUT2D eigenvalue weighted by atomic mass is 10.2. The first-order chi connectivity index (χ1) is 10.2. The molecular weight excluding hydrogens is 272 g/mol. The third-order valence-electron chi connectivity index (χ3n) is 3.24. The van der Waals surface area contributed by atoms with Crippen molar-refractivity contribution in [3.63, 3.8) is 0 Å². The van der Waals surface area contributed by atoms with Gasteiger partial charge in [-0.25, -0.2) is 9.59 Å². The molecule has 1 aromatic carbocycles.